The van der Waals surface area contributed by atoms with E-state index < -0.39 is 18.1 Å². The number of aliphatic hydroxyl groups excluding tert-OH is 1. The van der Waals surface area contributed by atoms with Crippen molar-refractivity contribution in [3.8, 4) is 5.75 Å². The molecule has 0 saturated heterocycles. The van der Waals surface area contributed by atoms with Crippen molar-refractivity contribution in [2.75, 3.05) is 13.7 Å². The molecule has 0 bridgehead atoms. The van der Waals surface area contributed by atoms with Crippen LogP contribution in [0.1, 0.15) is 11.4 Å². The molecule has 1 aromatic heterocycles. The minimum Gasteiger partial charge on any atom is -0.496 e. The fourth-order valence-electron chi connectivity index (χ4n) is 2.87. The summed E-state index contributed by atoms with van der Waals surface area (Å²) in [6.07, 6.45) is -5.74. The second-order valence-electron chi connectivity index (χ2n) is 6.01. The lowest BCUT2D eigenvalue weighted by molar-refractivity contribution is -0.147. The molecule has 1 heterocycles. The number of alkyl halides is 3. The molecule has 3 aromatic rings. The summed E-state index contributed by atoms with van der Waals surface area (Å²) in [7, 11) is 1.54. The normalized spacial score (nSPS) is 13.1. The largest absolute Gasteiger partial charge is 0.496 e. The van der Waals surface area contributed by atoms with Crippen LogP contribution in [0.5, 0.6) is 5.75 Å². The van der Waals surface area contributed by atoms with Gasteiger partial charge in [0.15, 0.2) is 0 Å². The van der Waals surface area contributed by atoms with Gasteiger partial charge in [0, 0.05) is 5.56 Å². The van der Waals surface area contributed by atoms with E-state index in [-0.39, 0.29) is 25.3 Å². The molecular weight excluding hydrogens is 361 g/mol. The zero-order valence-electron chi connectivity index (χ0n) is 14.6. The van der Waals surface area contributed by atoms with E-state index >= 15 is 0 Å². The second-order valence-corrected chi connectivity index (χ2v) is 6.01. The Morgan fingerprint density at radius 2 is 1.81 bits per heavy atom. The van der Waals surface area contributed by atoms with Crippen LogP contribution in [-0.2, 0) is 24.1 Å². The van der Waals surface area contributed by atoms with E-state index in [2.05, 4.69) is 4.98 Å². The predicted octanol–water partition coefficient (Wildman–Crippen LogP) is 3.64. The third-order valence-electron chi connectivity index (χ3n) is 4.06. The van der Waals surface area contributed by atoms with Crippen LogP contribution < -0.4 is 4.74 Å². The lowest BCUT2D eigenvalue weighted by Gasteiger charge is -2.16. The van der Waals surface area contributed by atoms with Gasteiger partial charge in [-0.15, -0.1) is 0 Å². The number of fused-ring (bicyclic) bond motifs is 1. The summed E-state index contributed by atoms with van der Waals surface area (Å²) < 4.78 is 51.5. The molecule has 0 aliphatic rings. The highest BCUT2D eigenvalue weighted by Crippen LogP contribution is 2.31. The van der Waals surface area contributed by atoms with Crippen molar-refractivity contribution in [3.05, 3.63) is 59.9 Å². The molecule has 8 heteroatoms. The molecule has 0 fully saturated rings. The number of imidazole rings is 1. The summed E-state index contributed by atoms with van der Waals surface area (Å²) in [5.74, 6) is -0.389. The number of benzene rings is 2. The highest BCUT2D eigenvalue weighted by atomic mass is 19.4. The molecule has 0 amide bonds. The number of ether oxygens (including phenoxy) is 2. The van der Waals surface area contributed by atoms with Gasteiger partial charge in [-0.3, -0.25) is 0 Å². The van der Waals surface area contributed by atoms with Crippen LogP contribution >= 0.6 is 0 Å². The van der Waals surface area contributed by atoms with Crippen LogP contribution in [-0.4, -0.2) is 34.5 Å². The van der Waals surface area contributed by atoms with Crippen molar-refractivity contribution in [3.63, 3.8) is 0 Å². The van der Waals surface area contributed by atoms with Crippen LogP contribution in [0.2, 0.25) is 0 Å². The SMILES string of the molecule is COc1ccccc1COCC(O)Cn1c(C(F)(F)F)nc2ccccc21. The van der Waals surface area contributed by atoms with Crippen molar-refractivity contribution in [2.24, 2.45) is 0 Å². The Kier molecular flexibility index (Phi) is 5.67. The first-order valence-corrected chi connectivity index (χ1v) is 8.30. The first kappa shape index (κ1) is 19.2. The predicted molar refractivity (Wildman–Crippen MR) is 93.4 cm³/mol. The van der Waals surface area contributed by atoms with Gasteiger partial charge in [-0.1, -0.05) is 30.3 Å². The van der Waals surface area contributed by atoms with Gasteiger partial charge in [-0.25, -0.2) is 4.98 Å². The number of rotatable bonds is 7. The minimum atomic E-state index is -4.61. The van der Waals surface area contributed by atoms with Gasteiger partial charge in [0.25, 0.3) is 0 Å². The quantitative estimate of drug-likeness (QED) is 0.680. The molecule has 3 rings (SSSR count). The van der Waals surface area contributed by atoms with Crippen LogP contribution in [0.15, 0.2) is 48.5 Å². The summed E-state index contributed by atoms with van der Waals surface area (Å²) in [5.41, 5.74) is 1.33. The molecule has 0 saturated carbocycles. The summed E-state index contributed by atoms with van der Waals surface area (Å²) in [4.78, 5) is 3.66. The Hall–Kier alpha value is -2.58. The van der Waals surface area contributed by atoms with E-state index in [4.69, 9.17) is 9.47 Å². The summed E-state index contributed by atoms with van der Waals surface area (Å²) in [6.45, 7) is -0.221. The Morgan fingerprint density at radius 1 is 1.11 bits per heavy atom. The van der Waals surface area contributed by atoms with Crippen LogP contribution in [0, 0.1) is 0 Å². The molecule has 1 atom stereocenters. The van der Waals surface area contributed by atoms with E-state index in [0.717, 1.165) is 10.1 Å². The summed E-state index contributed by atoms with van der Waals surface area (Å²) >= 11 is 0. The number of aromatic nitrogens is 2. The maximum Gasteiger partial charge on any atom is 0.449 e. The fraction of sp³-hybridized carbons (Fsp3) is 0.316. The van der Waals surface area contributed by atoms with E-state index in [0.29, 0.717) is 11.3 Å². The average molecular weight is 380 g/mol. The molecule has 0 radical (unpaired) electrons. The molecule has 27 heavy (non-hydrogen) atoms. The molecule has 1 unspecified atom stereocenters. The third-order valence-corrected chi connectivity index (χ3v) is 4.06. The maximum absolute atomic E-state index is 13.3. The first-order valence-electron chi connectivity index (χ1n) is 8.30. The Labute approximate surface area is 154 Å². The molecule has 5 nitrogen and oxygen atoms in total. The number of methoxy groups -OCH3 is 1. The Bertz CT molecular complexity index is 909. The lowest BCUT2D eigenvalue weighted by Crippen LogP contribution is -2.25. The molecular formula is C19H19F3N2O3. The van der Waals surface area contributed by atoms with Gasteiger partial charge < -0.3 is 19.1 Å². The van der Waals surface area contributed by atoms with Crippen molar-refractivity contribution < 1.29 is 27.8 Å². The summed E-state index contributed by atoms with van der Waals surface area (Å²) in [6, 6.07) is 13.5. The van der Waals surface area contributed by atoms with Crippen LogP contribution in [0.4, 0.5) is 13.2 Å². The van der Waals surface area contributed by atoms with Gasteiger partial charge in [0.1, 0.15) is 5.75 Å². The number of hydrogen-bond acceptors (Lipinski definition) is 4. The summed E-state index contributed by atoms with van der Waals surface area (Å²) in [5, 5.41) is 10.2. The standard InChI is InChI=1S/C19H19F3N2O3/c1-26-17-9-5-2-6-13(17)11-27-12-14(25)10-24-16-8-4-3-7-15(16)23-18(24)19(20,21)22/h2-9,14,25H,10-12H2,1H3. The maximum atomic E-state index is 13.3. The highest BCUT2D eigenvalue weighted by Gasteiger charge is 2.37. The average Bonchev–Trinajstić information content (AvgIpc) is 3.01. The molecule has 1 N–H and O–H groups in total. The van der Waals surface area contributed by atoms with Crippen LogP contribution in [0.25, 0.3) is 11.0 Å². The molecule has 144 valence electrons. The zero-order chi connectivity index (χ0) is 19.4. The minimum absolute atomic E-state index is 0.123. The van der Waals surface area contributed by atoms with Gasteiger partial charge in [-0.05, 0) is 18.2 Å². The van der Waals surface area contributed by atoms with E-state index in [1.54, 1.807) is 24.3 Å². The van der Waals surface area contributed by atoms with E-state index in [9.17, 15) is 18.3 Å². The zero-order valence-corrected chi connectivity index (χ0v) is 14.6. The van der Waals surface area contributed by atoms with Crippen LogP contribution in [0.3, 0.4) is 0 Å². The van der Waals surface area contributed by atoms with Crippen molar-refractivity contribution in [1.82, 2.24) is 9.55 Å². The first-order chi connectivity index (χ1) is 12.9. The van der Waals surface area contributed by atoms with Gasteiger partial charge >= 0.3 is 6.18 Å². The topological polar surface area (TPSA) is 56.5 Å². The highest BCUT2D eigenvalue weighted by molar-refractivity contribution is 5.76. The van der Waals surface area contributed by atoms with Gasteiger partial charge in [0.2, 0.25) is 5.82 Å². The number of aliphatic hydroxyl groups is 1. The van der Waals surface area contributed by atoms with E-state index in [1.807, 2.05) is 18.2 Å². The second kappa shape index (κ2) is 7.98. The Morgan fingerprint density at radius 3 is 2.56 bits per heavy atom. The van der Waals surface area contributed by atoms with Crippen molar-refractivity contribution >= 4 is 11.0 Å². The van der Waals surface area contributed by atoms with Crippen molar-refractivity contribution in [2.45, 2.75) is 25.4 Å². The molecule has 0 aliphatic heterocycles. The molecule has 2 aromatic carbocycles. The van der Waals surface area contributed by atoms with Crippen molar-refractivity contribution in [1.29, 1.82) is 0 Å². The lowest BCUT2D eigenvalue weighted by atomic mass is 10.2. The molecule has 0 spiro atoms. The fourth-order valence-corrected chi connectivity index (χ4v) is 2.87. The number of halogens is 3. The van der Waals surface area contributed by atoms with Gasteiger partial charge in [0.05, 0.1) is 44.0 Å². The third kappa shape index (κ3) is 4.40. The number of para-hydroxylation sites is 3. The monoisotopic (exact) mass is 380 g/mol. The number of nitrogens with zero attached hydrogens (tertiary/aromatic N) is 2. The number of hydrogen-bond donors (Lipinski definition) is 1. The smallest absolute Gasteiger partial charge is 0.449 e. The molecule has 0 aliphatic carbocycles. The van der Waals surface area contributed by atoms with Gasteiger partial charge in [-0.2, -0.15) is 13.2 Å². The Balaban J connectivity index is 1.70. The van der Waals surface area contributed by atoms with E-state index in [1.165, 1.54) is 13.2 Å².